The lowest BCUT2D eigenvalue weighted by molar-refractivity contribution is -0.275. The van der Waals surface area contributed by atoms with Crippen LogP contribution in [0.4, 0.5) is 13.2 Å². The molecule has 0 spiro atoms. The van der Waals surface area contributed by atoms with Gasteiger partial charge in [-0.15, -0.1) is 13.2 Å². The zero-order valence-electron chi connectivity index (χ0n) is 7.56. The number of hydrogen-bond donors (Lipinski definition) is 0. The van der Waals surface area contributed by atoms with E-state index in [0.29, 0.717) is 0 Å². The molecule has 0 aromatic heterocycles. The molecule has 1 aromatic rings. The van der Waals surface area contributed by atoms with E-state index in [2.05, 4.69) is 4.74 Å². The largest absolute Gasteiger partial charge is 0.573 e. The van der Waals surface area contributed by atoms with Crippen LogP contribution in [0.5, 0.6) is 5.75 Å². The van der Waals surface area contributed by atoms with Gasteiger partial charge in [0.15, 0.2) is 5.78 Å². The van der Waals surface area contributed by atoms with Gasteiger partial charge in [0.2, 0.25) is 0 Å². The molecule has 0 heterocycles. The number of rotatable bonds is 2. The fraction of sp³-hybridized carbons (Fsp3) is 0.222. The molecule has 0 aliphatic rings. The highest BCUT2D eigenvalue weighted by molar-refractivity contribution is 14.1. The van der Waals surface area contributed by atoms with Crippen LogP contribution in [0.25, 0.3) is 0 Å². The van der Waals surface area contributed by atoms with Crippen LogP contribution in [-0.4, -0.2) is 12.1 Å². The average Bonchev–Trinajstić information content (AvgIpc) is 2.05. The van der Waals surface area contributed by atoms with Crippen LogP contribution < -0.4 is 4.74 Å². The summed E-state index contributed by atoms with van der Waals surface area (Å²) in [6.45, 7) is 1.29. The highest BCUT2D eigenvalue weighted by atomic mass is 127. The Balaban J connectivity index is 3.10. The molecule has 0 amide bonds. The summed E-state index contributed by atoms with van der Waals surface area (Å²) in [5.74, 6) is -0.650. The minimum absolute atomic E-state index is 0.167. The molecule has 0 atom stereocenters. The van der Waals surface area contributed by atoms with Crippen LogP contribution in [0.15, 0.2) is 18.2 Å². The second kappa shape index (κ2) is 4.38. The smallest absolute Gasteiger partial charge is 0.405 e. The Hall–Kier alpha value is -0.790. The number of ether oxygens (including phenoxy) is 1. The van der Waals surface area contributed by atoms with Crippen molar-refractivity contribution in [1.82, 2.24) is 0 Å². The predicted octanol–water partition coefficient (Wildman–Crippen LogP) is 3.39. The van der Waals surface area contributed by atoms with Crippen molar-refractivity contribution >= 4 is 28.4 Å². The molecule has 0 N–H and O–H groups in total. The minimum atomic E-state index is -4.74. The Kier molecular flexibility index (Phi) is 3.58. The fourth-order valence-electron chi connectivity index (χ4n) is 0.986. The summed E-state index contributed by atoms with van der Waals surface area (Å²) >= 11 is 1.65. The molecule has 15 heavy (non-hydrogen) atoms. The number of alkyl halides is 3. The van der Waals surface area contributed by atoms with E-state index in [4.69, 9.17) is 0 Å². The van der Waals surface area contributed by atoms with Crippen LogP contribution in [0.2, 0.25) is 0 Å². The van der Waals surface area contributed by atoms with Crippen molar-refractivity contribution < 1.29 is 22.7 Å². The molecule has 82 valence electrons. The van der Waals surface area contributed by atoms with E-state index < -0.39 is 6.36 Å². The molecule has 0 fully saturated rings. The molecular formula is C9H6F3IO2. The molecule has 0 radical (unpaired) electrons. The van der Waals surface area contributed by atoms with Gasteiger partial charge >= 0.3 is 6.36 Å². The molecule has 0 bridgehead atoms. The molecule has 1 rings (SSSR count). The second-order valence-corrected chi connectivity index (χ2v) is 3.80. The Morgan fingerprint density at radius 2 is 2.00 bits per heavy atom. The summed E-state index contributed by atoms with van der Waals surface area (Å²) in [7, 11) is 0. The monoisotopic (exact) mass is 330 g/mol. The second-order valence-electron chi connectivity index (χ2n) is 2.72. The first-order valence-electron chi connectivity index (χ1n) is 3.86. The lowest BCUT2D eigenvalue weighted by Crippen LogP contribution is -2.18. The third kappa shape index (κ3) is 3.37. The van der Waals surface area contributed by atoms with Crippen LogP contribution in [0.3, 0.4) is 0 Å². The molecule has 0 saturated carbocycles. The minimum Gasteiger partial charge on any atom is -0.405 e. The van der Waals surface area contributed by atoms with Crippen molar-refractivity contribution in [3.05, 3.63) is 27.3 Å². The molecule has 1 aromatic carbocycles. The SMILES string of the molecule is CC(=O)c1cccc(OC(F)(F)F)c1I. The first kappa shape index (κ1) is 12.3. The van der Waals surface area contributed by atoms with E-state index in [1.54, 1.807) is 22.6 Å². The number of carbonyl (C=O) groups is 1. The van der Waals surface area contributed by atoms with Crippen LogP contribution in [0, 0.1) is 3.57 Å². The summed E-state index contributed by atoms with van der Waals surface area (Å²) in [4.78, 5) is 11.0. The number of carbonyl (C=O) groups excluding carboxylic acids is 1. The van der Waals surface area contributed by atoms with Gasteiger partial charge in [-0.2, -0.15) is 0 Å². The maximum Gasteiger partial charge on any atom is 0.573 e. The van der Waals surface area contributed by atoms with E-state index in [-0.39, 0.29) is 20.7 Å². The lowest BCUT2D eigenvalue weighted by Gasteiger charge is -2.11. The third-order valence-electron chi connectivity index (χ3n) is 1.57. The summed E-state index contributed by atoms with van der Waals surface area (Å²) in [5, 5.41) is 0. The van der Waals surface area contributed by atoms with Crippen molar-refractivity contribution in [2.45, 2.75) is 13.3 Å². The summed E-state index contributed by atoms with van der Waals surface area (Å²) in [6.07, 6.45) is -4.74. The first-order chi connectivity index (χ1) is 6.81. The van der Waals surface area contributed by atoms with Crippen molar-refractivity contribution in [1.29, 1.82) is 0 Å². The average molecular weight is 330 g/mol. The van der Waals surface area contributed by atoms with Gasteiger partial charge in [-0.3, -0.25) is 4.79 Å². The summed E-state index contributed by atoms with van der Waals surface area (Å²) in [5.41, 5.74) is 0.220. The highest BCUT2D eigenvalue weighted by Gasteiger charge is 2.32. The quantitative estimate of drug-likeness (QED) is 0.614. The van der Waals surface area contributed by atoms with E-state index >= 15 is 0 Å². The maximum absolute atomic E-state index is 11.9. The molecule has 0 aliphatic carbocycles. The van der Waals surface area contributed by atoms with Gasteiger partial charge in [0.25, 0.3) is 0 Å². The molecule has 0 unspecified atom stereocenters. The van der Waals surface area contributed by atoms with Gasteiger partial charge in [-0.25, -0.2) is 0 Å². The van der Waals surface area contributed by atoms with Gasteiger partial charge in [0, 0.05) is 5.56 Å². The molecule has 0 aliphatic heterocycles. The van der Waals surface area contributed by atoms with Crippen LogP contribution >= 0.6 is 22.6 Å². The first-order valence-corrected chi connectivity index (χ1v) is 4.94. The van der Waals surface area contributed by atoms with Crippen LogP contribution in [0.1, 0.15) is 17.3 Å². The van der Waals surface area contributed by atoms with Crippen molar-refractivity contribution in [2.24, 2.45) is 0 Å². The normalized spacial score (nSPS) is 11.3. The zero-order chi connectivity index (χ0) is 11.6. The Morgan fingerprint density at radius 1 is 1.40 bits per heavy atom. The van der Waals surface area contributed by atoms with Gasteiger partial charge in [-0.05, 0) is 35.6 Å². The number of halogens is 4. The van der Waals surface area contributed by atoms with Crippen molar-refractivity contribution in [3.63, 3.8) is 0 Å². The van der Waals surface area contributed by atoms with Gasteiger partial charge in [0.05, 0.1) is 3.57 Å². The lowest BCUT2D eigenvalue weighted by atomic mass is 10.1. The summed E-state index contributed by atoms with van der Waals surface area (Å²) in [6, 6.07) is 3.97. The number of ketones is 1. The zero-order valence-corrected chi connectivity index (χ0v) is 9.72. The van der Waals surface area contributed by atoms with Crippen molar-refractivity contribution in [3.8, 4) is 5.75 Å². The topological polar surface area (TPSA) is 26.3 Å². The third-order valence-corrected chi connectivity index (χ3v) is 2.68. The van der Waals surface area contributed by atoms with Gasteiger partial charge in [0.1, 0.15) is 5.75 Å². The molecule has 2 nitrogen and oxygen atoms in total. The summed E-state index contributed by atoms with van der Waals surface area (Å²) < 4.78 is 39.8. The number of benzene rings is 1. The Labute approximate surface area is 97.6 Å². The Morgan fingerprint density at radius 3 is 2.47 bits per heavy atom. The standard InChI is InChI=1S/C9H6F3IO2/c1-5(14)6-3-2-4-7(8(6)13)15-9(10,11)12/h2-4H,1H3. The van der Waals surface area contributed by atoms with E-state index in [0.717, 1.165) is 0 Å². The van der Waals surface area contributed by atoms with Crippen LogP contribution in [-0.2, 0) is 0 Å². The molecule has 6 heteroatoms. The van der Waals surface area contributed by atoms with Gasteiger partial charge < -0.3 is 4.74 Å². The van der Waals surface area contributed by atoms with Crippen molar-refractivity contribution in [2.75, 3.05) is 0 Å². The Bertz CT molecular complexity index is 387. The number of hydrogen-bond acceptors (Lipinski definition) is 2. The number of Topliss-reactive ketones (excluding diaryl/α,β-unsaturated/α-hetero) is 1. The van der Waals surface area contributed by atoms with E-state index in [1.165, 1.54) is 25.1 Å². The van der Waals surface area contributed by atoms with E-state index in [1.807, 2.05) is 0 Å². The highest BCUT2D eigenvalue weighted by Crippen LogP contribution is 2.29. The fourth-order valence-corrected chi connectivity index (χ4v) is 1.84. The predicted molar refractivity (Wildman–Crippen MR) is 55.8 cm³/mol. The molecule has 0 saturated heterocycles. The van der Waals surface area contributed by atoms with E-state index in [9.17, 15) is 18.0 Å². The maximum atomic E-state index is 11.9. The molecular weight excluding hydrogens is 324 g/mol. The van der Waals surface area contributed by atoms with Gasteiger partial charge in [-0.1, -0.05) is 12.1 Å².